The minimum Gasteiger partial charge on any atom is -0.463 e. The molecule has 0 saturated carbocycles. The number of nitrogens with zero attached hydrogens (tertiary/aromatic N) is 2. The van der Waals surface area contributed by atoms with Gasteiger partial charge in [0.2, 0.25) is 0 Å². The minimum atomic E-state index is -0.324. The van der Waals surface area contributed by atoms with Gasteiger partial charge in [0.1, 0.15) is 0 Å². The van der Waals surface area contributed by atoms with Crippen molar-refractivity contribution >= 4 is 23.0 Å². The first-order valence-electron chi connectivity index (χ1n) is 6.14. The van der Waals surface area contributed by atoms with E-state index in [1.807, 2.05) is 0 Å². The van der Waals surface area contributed by atoms with Gasteiger partial charge >= 0.3 is 5.97 Å². The van der Waals surface area contributed by atoms with Gasteiger partial charge in [-0.2, -0.15) is 0 Å². The Morgan fingerprint density at radius 1 is 1.33 bits per heavy atom. The molecule has 0 bridgehead atoms. The van der Waals surface area contributed by atoms with E-state index in [4.69, 9.17) is 4.74 Å². The van der Waals surface area contributed by atoms with Crippen LogP contribution in [-0.4, -0.2) is 42.6 Å². The Morgan fingerprint density at radius 3 is 2.67 bits per heavy atom. The van der Waals surface area contributed by atoms with Gasteiger partial charge in [-0.15, -0.1) is 17.0 Å². The highest BCUT2D eigenvalue weighted by atomic mass is 79.9. The number of ether oxygens (including phenoxy) is 1. The number of hydrogen-bond donors (Lipinski definition) is 0. The molecular weight excluding hydrogens is 296 g/mol. The first-order chi connectivity index (χ1) is 8.22. The summed E-state index contributed by atoms with van der Waals surface area (Å²) in [5.41, 5.74) is 0. The molecule has 0 spiro atoms. The molecule has 0 fully saturated rings. The van der Waals surface area contributed by atoms with Crippen LogP contribution in [0, 0.1) is 0 Å². The van der Waals surface area contributed by atoms with Crippen molar-refractivity contribution in [3.05, 3.63) is 25.1 Å². The molecule has 1 aliphatic rings. The normalized spacial score (nSPS) is 13.4. The summed E-state index contributed by atoms with van der Waals surface area (Å²) in [5, 5.41) is 0. The molecule has 104 valence electrons. The second kappa shape index (κ2) is 10.00. The average molecular weight is 319 g/mol. The zero-order valence-electron chi connectivity index (χ0n) is 11.0. The van der Waals surface area contributed by atoms with Crippen LogP contribution in [0.4, 0.5) is 0 Å². The standard InChI is InChI=1S/C13H22N2O2.BrH/c1-3-13(16)17-11-7-5-4-6-8-15-10-9-14(2)12-15;/h3,9-10H,1,4-8,11-12H2,2H3;1H. The van der Waals surface area contributed by atoms with Gasteiger partial charge in [-0.05, 0) is 19.3 Å². The smallest absolute Gasteiger partial charge is 0.330 e. The summed E-state index contributed by atoms with van der Waals surface area (Å²) in [6.45, 7) is 5.96. The van der Waals surface area contributed by atoms with E-state index in [1.165, 1.54) is 18.9 Å². The summed E-state index contributed by atoms with van der Waals surface area (Å²) in [6, 6.07) is 0. The number of carbonyl (C=O) groups excluding carboxylic acids is 1. The van der Waals surface area contributed by atoms with Crippen LogP contribution in [0.3, 0.4) is 0 Å². The molecule has 0 unspecified atom stereocenters. The second-order valence-corrected chi connectivity index (χ2v) is 4.29. The molecule has 0 aromatic carbocycles. The molecule has 0 N–H and O–H groups in total. The maximum atomic E-state index is 10.7. The van der Waals surface area contributed by atoms with Crippen LogP contribution in [0.2, 0.25) is 0 Å². The number of carbonyl (C=O) groups is 1. The molecule has 1 heterocycles. The Morgan fingerprint density at radius 2 is 2.06 bits per heavy atom. The van der Waals surface area contributed by atoms with Crippen LogP contribution in [0.1, 0.15) is 25.7 Å². The predicted molar refractivity (Wildman–Crippen MR) is 78.4 cm³/mol. The van der Waals surface area contributed by atoms with E-state index >= 15 is 0 Å². The predicted octanol–water partition coefficient (Wildman–Crippen LogP) is 2.53. The Hall–Kier alpha value is -0.970. The van der Waals surface area contributed by atoms with Crippen molar-refractivity contribution in [2.75, 3.05) is 26.9 Å². The van der Waals surface area contributed by atoms with Crippen LogP contribution < -0.4 is 0 Å². The molecule has 5 heteroatoms. The highest BCUT2D eigenvalue weighted by Crippen LogP contribution is 2.07. The number of esters is 1. The summed E-state index contributed by atoms with van der Waals surface area (Å²) >= 11 is 0. The van der Waals surface area contributed by atoms with Crippen LogP contribution in [-0.2, 0) is 9.53 Å². The molecule has 0 atom stereocenters. The molecule has 0 aliphatic carbocycles. The Labute approximate surface area is 120 Å². The van der Waals surface area contributed by atoms with Gasteiger partial charge in [0.25, 0.3) is 0 Å². The molecule has 0 aromatic heterocycles. The number of rotatable bonds is 8. The third-order valence-electron chi connectivity index (χ3n) is 2.69. The van der Waals surface area contributed by atoms with E-state index in [0.717, 1.165) is 26.1 Å². The van der Waals surface area contributed by atoms with Gasteiger partial charge in [-0.3, -0.25) is 0 Å². The monoisotopic (exact) mass is 318 g/mol. The van der Waals surface area contributed by atoms with Gasteiger partial charge in [0.15, 0.2) is 0 Å². The lowest BCUT2D eigenvalue weighted by atomic mass is 10.2. The Bertz CT molecular complexity index is 282. The molecule has 1 aliphatic heterocycles. The van der Waals surface area contributed by atoms with Crippen molar-refractivity contribution in [1.82, 2.24) is 9.80 Å². The van der Waals surface area contributed by atoms with E-state index in [2.05, 4.69) is 35.8 Å². The second-order valence-electron chi connectivity index (χ2n) is 4.29. The fourth-order valence-electron chi connectivity index (χ4n) is 1.74. The van der Waals surface area contributed by atoms with E-state index in [1.54, 1.807) is 0 Å². The topological polar surface area (TPSA) is 32.8 Å². The SMILES string of the molecule is Br.C=CC(=O)OCCCCCCN1C=CN(C)C1. The van der Waals surface area contributed by atoms with Gasteiger partial charge < -0.3 is 14.5 Å². The molecule has 0 saturated heterocycles. The van der Waals surface area contributed by atoms with E-state index in [9.17, 15) is 4.79 Å². The first-order valence-corrected chi connectivity index (χ1v) is 6.14. The molecule has 0 radical (unpaired) electrons. The molecule has 1 rings (SSSR count). The van der Waals surface area contributed by atoms with E-state index in [-0.39, 0.29) is 23.0 Å². The third-order valence-corrected chi connectivity index (χ3v) is 2.69. The Kier molecular flexibility index (Phi) is 9.46. The van der Waals surface area contributed by atoms with Crippen molar-refractivity contribution < 1.29 is 9.53 Å². The number of hydrogen-bond acceptors (Lipinski definition) is 4. The molecule has 0 amide bonds. The summed E-state index contributed by atoms with van der Waals surface area (Å²) in [4.78, 5) is 15.2. The van der Waals surface area contributed by atoms with Crippen LogP contribution in [0.25, 0.3) is 0 Å². The molecule has 0 aromatic rings. The fraction of sp³-hybridized carbons (Fsp3) is 0.615. The minimum absolute atomic E-state index is 0. The first kappa shape index (κ1) is 17.0. The highest BCUT2D eigenvalue weighted by Gasteiger charge is 2.06. The summed E-state index contributed by atoms with van der Waals surface area (Å²) < 4.78 is 4.90. The average Bonchev–Trinajstić information content (AvgIpc) is 2.73. The maximum absolute atomic E-state index is 10.7. The van der Waals surface area contributed by atoms with Crippen molar-refractivity contribution in [3.63, 3.8) is 0 Å². The van der Waals surface area contributed by atoms with Gasteiger partial charge in [0, 0.05) is 32.1 Å². The van der Waals surface area contributed by atoms with E-state index in [0.29, 0.717) is 6.61 Å². The van der Waals surface area contributed by atoms with E-state index < -0.39 is 0 Å². The van der Waals surface area contributed by atoms with Gasteiger partial charge in [0.05, 0.1) is 13.3 Å². The summed E-state index contributed by atoms with van der Waals surface area (Å²) in [6.07, 6.45) is 9.84. The molecule has 18 heavy (non-hydrogen) atoms. The molecule has 4 nitrogen and oxygen atoms in total. The third kappa shape index (κ3) is 7.37. The summed E-state index contributed by atoms with van der Waals surface area (Å²) in [7, 11) is 2.07. The van der Waals surface area contributed by atoms with Crippen molar-refractivity contribution in [1.29, 1.82) is 0 Å². The van der Waals surface area contributed by atoms with Crippen molar-refractivity contribution in [2.24, 2.45) is 0 Å². The summed E-state index contributed by atoms with van der Waals surface area (Å²) in [5.74, 6) is -0.324. The van der Waals surface area contributed by atoms with Crippen molar-refractivity contribution in [2.45, 2.75) is 25.7 Å². The number of halogens is 1. The van der Waals surface area contributed by atoms with Gasteiger partial charge in [-0.1, -0.05) is 13.0 Å². The highest BCUT2D eigenvalue weighted by molar-refractivity contribution is 8.93. The number of unbranched alkanes of at least 4 members (excludes halogenated alkanes) is 3. The van der Waals surface area contributed by atoms with Crippen LogP contribution in [0.5, 0.6) is 0 Å². The van der Waals surface area contributed by atoms with Crippen molar-refractivity contribution in [3.8, 4) is 0 Å². The lowest BCUT2D eigenvalue weighted by Crippen LogP contribution is -2.23. The molecular formula is C13H23BrN2O2. The lowest BCUT2D eigenvalue weighted by molar-refractivity contribution is -0.137. The van der Waals surface area contributed by atoms with Crippen LogP contribution in [0.15, 0.2) is 25.1 Å². The fourth-order valence-corrected chi connectivity index (χ4v) is 1.74. The largest absolute Gasteiger partial charge is 0.463 e. The van der Waals surface area contributed by atoms with Gasteiger partial charge in [-0.25, -0.2) is 4.79 Å². The Balaban J connectivity index is 0.00000289. The zero-order valence-corrected chi connectivity index (χ0v) is 12.7. The maximum Gasteiger partial charge on any atom is 0.330 e. The zero-order chi connectivity index (χ0) is 12.5. The quantitative estimate of drug-likeness (QED) is 0.391. The lowest BCUT2D eigenvalue weighted by Gasteiger charge is -2.17. The van der Waals surface area contributed by atoms with Crippen LogP contribution >= 0.6 is 17.0 Å².